The van der Waals surface area contributed by atoms with Crippen LogP contribution in [0.1, 0.15) is 42.3 Å². The molecule has 0 saturated carbocycles. The zero-order valence-electron chi connectivity index (χ0n) is 15.2. The van der Waals surface area contributed by atoms with Crippen LogP contribution in [0.25, 0.3) is 0 Å². The van der Waals surface area contributed by atoms with Gasteiger partial charge in [0.15, 0.2) is 0 Å². The van der Waals surface area contributed by atoms with E-state index < -0.39 is 0 Å². The maximum Gasteiger partial charge on any atom is 0.317 e. The Kier molecular flexibility index (Phi) is 6.01. The molecule has 0 aliphatic carbocycles. The summed E-state index contributed by atoms with van der Waals surface area (Å²) in [4.78, 5) is 14.1. The summed E-state index contributed by atoms with van der Waals surface area (Å²) in [5.74, 6) is 1.50. The van der Waals surface area contributed by atoms with Gasteiger partial charge in [0.25, 0.3) is 0 Å². The average molecular weight is 329 g/mol. The average Bonchev–Trinajstić information content (AvgIpc) is 2.87. The lowest BCUT2D eigenvalue weighted by molar-refractivity contribution is 0.205. The molecular weight excluding hydrogens is 302 g/mol. The van der Waals surface area contributed by atoms with Crippen LogP contribution in [-0.2, 0) is 6.54 Å². The Labute approximate surface area is 144 Å². The van der Waals surface area contributed by atoms with Crippen molar-refractivity contribution in [2.75, 3.05) is 13.6 Å². The highest BCUT2D eigenvalue weighted by molar-refractivity contribution is 5.74. The van der Waals surface area contributed by atoms with Crippen molar-refractivity contribution in [3.05, 3.63) is 52.9 Å². The van der Waals surface area contributed by atoms with E-state index in [1.54, 1.807) is 11.9 Å². The maximum atomic E-state index is 12.4. The van der Waals surface area contributed by atoms with Gasteiger partial charge in [-0.1, -0.05) is 49.3 Å². The van der Waals surface area contributed by atoms with Crippen LogP contribution < -0.4 is 5.32 Å². The number of amides is 2. The zero-order valence-corrected chi connectivity index (χ0v) is 15.2. The standard InChI is InChI=1S/C19H27N3O2/c1-13(2)17(16-9-7-6-8-10-16)11-20-19(23)22(5)12-18-14(3)21-24-15(18)4/h6-10,13,17H,11-12H2,1-5H3,(H,20,23). The molecule has 0 fully saturated rings. The summed E-state index contributed by atoms with van der Waals surface area (Å²) in [7, 11) is 1.79. The number of urea groups is 1. The number of carbonyl (C=O) groups excluding carboxylic acids is 1. The van der Waals surface area contributed by atoms with Gasteiger partial charge in [-0.3, -0.25) is 0 Å². The van der Waals surface area contributed by atoms with Crippen LogP contribution in [0, 0.1) is 19.8 Å². The molecule has 0 radical (unpaired) electrons. The Morgan fingerprint density at radius 1 is 1.25 bits per heavy atom. The molecule has 0 spiro atoms. The van der Waals surface area contributed by atoms with Crippen molar-refractivity contribution in [2.45, 2.75) is 40.2 Å². The Bertz CT molecular complexity index is 645. The first-order valence-corrected chi connectivity index (χ1v) is 8.35. The third kappa shape index (κ3) is 4.37. The van der Waals surface area contributed by atoms with Crippen molar-refractivity contribution in [2.24, 2.45) is 5.92 Å². The van der Waals surface area contributed by atoms with E-state index in [1.807, 2.05) is 32.0 Å². The molecule has 1 heterocycles. The first-order chi connectivity index (χ1) is 11.4. The lowest BCUT2D eigenvalue weighted by atomic mass is 9.88. The van der Waals surface area contributed by atoms with Gasteiger partial charge in [-0.05, 0) is 25.3 Å². The second-order valence-electron chi connectivity index (χ2n) is 6.61. The minimum atomic E-state index is -0.0865. The fourth-order valence-corrected chi connectivity index (χ4v) is 2.81. The molecule has 0 aliphatic rings. The number of hydrogen-bond acceptors (Lipinski definition) is 3. The summed E-state index contributed by atoms with van der Waals surface area (Å²) in [5, 5.41) is 6.98. The molecule has 5 heteroatoms. The van der Waals surface area contributed by atoms with Crippen LogP contribution in [0.15, 0.2) is 34.9 Å². The van der Waals surface area contributed by atoms with Gasteiger partial charge >= 0.3 is 6.03 Å². The molecule has 2 amide bonds. The van der Waals surface area contributed by atoms with Gasteiger partial charge in [0.1, 0.15) is 5.76 Å². The Morgan fingerprint density at radius 3 is 2.46 bits per heavy atom. The Morgan fingerprint density at radius 2 is 1.92 bits per heavy atom. The van der Waals surface area contributed by atoms with Crippen molar-refractivity contribution in [1.82, 2.24) is 15.4 Å². The predicted octanol–water partition coefficient (Wildman–Crippen LogP) is 3.87. The maximum absolute atomic E-state index is 12.4. The van der Waals surface area contributed by atoms with Gasteiger partial charge in [-0.25, -0.2) is 4.79 Å². The van der Waals surface area contributed by atoms with E-state index in [2.05, 4.69) is 36.5 Å². The molecule has 1 atom stereocenters. The lowest BCUT2D eigenvalue weighted by Crippen LogP contribution is -2.39. The summed E-state index contributed by atoms with van der Waals surface area (Å²) in [5.41, 5.74) is 3.05. The first-order valence-electron chi connectivity index (χ1n) is 8.35. The van der Waals surface area contributed by atoms with Gasteiger partial charge in [0.2, 0.25) is 0 Å². The predicted molar refractivity (Wildman–Crippen MR) is 94.9 cm³/mol. The number of benzene rings is 1. The van der Waals surface area contributed by atoms with Crippen molar-refractivity contribution in [3.63, 3.8) is 0 Å². The molecular formula is C19H27N3O2. The summed E-state index contributed by atoms with van der Waals surface area (Å²) in [6.45, 7) is 9.22. The van der Waals surface area contributed by atoms with E-state index in [1.165, 1.54) is 5.56 Å². The first kappa shape index (κ1) is 18.0. The van der Waals surface area contributed by atoms with Crippen molar-refractivity contribution < 1.29 is 9.32 Å². The third-order valence-electron chi connectivity index (χ3n) is 4.43. The molecule has 0 aliphatic heterocycles. The highest BCUT2D eigenvalue weighted by Crippen LogP contribution is 2.23. The van der Waals surface area contributed by atoms with Gasteiger partial charge in [-0.15, -0.1) is 0 Å². The quantitative estimate of drug-likeness (QED) is 0.875. The fraction of sp³-hybridized carbons (Fsp3) is 0.474. The van der Waals surface area contributed by atoms with Gasteiger partial charge in [0.05, 0.1) is 12.2 Å². The number of aryl methyl sites for hydroxylation is 2. The summed E-state index contributed by atoms with van der Waals surface area (Å²) in [6, 6.07) is 10.2. The highest BCUT2D eigenvalue weighted by atomic mass is 16.5. The molecule has 1 unspecified atom stereocenters. The number of nitrogens with zero attached hydrogens (tertiary/aromatic N) is 2. The molecule has 130 valence electrons. The number of nitrogens with one attached hydrogen (secondary N) is 1. The van der Waals surface area contributed by atoms with E-state index in [9.17, 15) is 4.79 Å². The smallest absolute Gasteiger partial charge is 0.317 e. The molecule has 1 aromatic carbocycles. The number of hydrogen-bond donors (Lipinski definition) is 1. The Balaban J connectivity index is 1.95. The molecule has 2 rings (SSSR count). The molecule has 2 aromatic rings. The minimum Gasteiger partial charge on any atom is -0.361 e. The summed E-state index contributed by atoms with van der Waals surface area (Å²) in [6.07, 6.45) is 0. The van der Waals surface area contributed by atoms with E-state index in [0.29, 0.717) is 24.9 Å². The highest BCUT2D eigenvalue weighted by Gasteiger charge is 2.19. The summed E-state index contributed by atoms with van der Waals surface area (Å²) >= 11 is 0. The number of rotatable bonds is 6. The fourth-order valence-electron chi connectivity index (χ4n) is 2.81. The van der Waals surface area contributed by atoms with Gasteiger partial charge < -0.3 is 14.7 Å². The van der Waals surface area contributed by atoms with Crippen LogP contribution in [0.3, 0.4) is 0 Å². The van der Waals surface area contributed by atoms with E-state index in [-0.39, 0.29) is 6.03 Å². The van der Waals surface area contributed by atoms with Crippen molar-refractivity contribution >= 4 is 6.03 Å². The SMILES string of the molecule is Cc1noc(C)c1CN(C)C(=O)NCC(c1ccccc1)C(C)C. The van der Waals surface area contributed by atoms with Crippen LogP contribution in [0.4, 0.5) is 4.79 Å². The molecule has 0 saturated heterocycles. The molecule has 1 N–H and O–H groups in total. The minimum absolute atomic E-state index is 0.0865. The van der Waals surface area contributed by atoms with Crippen LogP contribution in [0.5, 0.6) is 0 Å². The van der Waals surface area contributed by atoms with Crippen molar-refractivity contribution in [3.8, 4) is 0 Å². The lowest BCUT2D eigenvalue weighted by Gasteiger charge is -2.24. The number of carbonyl (C=O) groups is 1. The normalized spacial score (nSPS) is 12.2. The molecule has 24 heavy (non-hydrogen) atoms. The Hall–Kier alpha value is -2.30. The zero-order chi connectivity index (χ0) is 17.7. The van der Waals surface area contributed by atoms with Crippen LogP contribution >= 0.6 is 0 Å². The topological polar surface area (TPSA) is 58.4 Å². The van der Waals surface area contributed by atoms with E-state index in [0.717, 1.165) is 17.0 Å². The van der Waals surface area contributed by atoms with E-state index in [4.69, 9.17) is 4.52 Å². The van der Waals surface area contributed by atoms with Gasteiger partial charge in [0, 0.05) is 25.1 Å². The molecule has 0 bridgehead atoms. The number of aromatic nitrogens is 1. The largest absolute Gasteiger partial charge is 0.361 e. The second-order valence-corrected chi connectivity index (χ2v) is 6.61. The van der Waals surface area contributed by atoms with E-state index >= 15 is 0 Å². The van der Waals surface area contributed by atoms with Crippen LogP contribution in [0.2, 0.25) is 0 Å². The van der Waals surface area contributed by atoms with Gasteiger partial charge in [-0.2, -0.15) is 0 Å². The molecule has 1 aromatic heterocycles. The molecule has 5 nitrogen and oxygen atoms in total. The third-order valence-corrected chi connectivity index (χ3v) is 4.43. The van der Waals surface area contributed by atoms with Crippen molar-refractivity contribution in [1.29, 1.82) is 0 Å². The second kappa shape index (κ2) is 7.99. The van der Waals surface area contributed by atoms with Crippen LogP contribution in [-0.4, -0.2) is 29.7 Å². The monoisotopic (exact) mass is 329 g/mol. The summed E-state index contributed by atoms with van der Waals surface area (Å²) < 4.78 is 5.16.